The van der Waals surface area contributed by atoms with Gasteiger partial charge in [-0.05, 0) is 42.8 Å². The highest BCUT2D eigenvalue weighted by Gasteiger charge is 2.22. The third-order valence-corrected chi connectivity index (χ3v) is 4.74. The standard InChI is InChI=1S/C18H19Cl2N3O/c1-13-12-14(19)6-7-16(13)21-18(24)23-10-8-22(9-11-23)17-5-3-2-4-15(17)20/h2-7,12H,8-11H2,1H3,(H,21,24). The molecule has 1 saturated heterocycles. The van der Waals surface area contributed by atoms with E-state index in [2.05, 4.69) is 10.2 Å². The number of carbonyl (C=O) groups is 1. The third-order valence-electron chi connectivity index (χ3n) is 4.19. The molecule has 1 aliphatic rings. The van der Waals surface area contributed by atoms with Gasteiger partial charge in [-0.2, -0.15) is 0 Å². The minimum Gasteiger partial charge on any atom is -0.367 e. The number of nitrogens with zero attached hydrogens (tertiary/aromatic N) is 2. The molecule has 2 aromatic rings. The Labute approximate surface area is 152 Å². The molecule has 1 N–H and O–H groups in total. The van der Waals surface area contributed by atoms with Crippen LogP contribution in [0.2, 0.25) is 10.0 Å². The fraction of sp³-hybridized carbons (Fsp3) is 0.278. The summed E-state index contributed by atoms with van der Waals surface area (Å²) in [6.45, 7) is 4.76. The van der Waals surface area contributed by atoms with Gasteiger partial charge in [-0.1, -0.05) is 35.3 Å². The molecule has 2 amide bonds. The minimum atomic E-state index is -0.0840. The zero-order chi connectivity index (χ0) is 17.1. The van der Waals surface area contributed by atoms with E-state index in [0.29, 0.717) is 18.1 Å². The van der Waals surface area contributed by atoms with Crippen molar-refractivity contribution in [3.8, 4) is 0 Å². The molecule has 0 spiro atoms. The van der Waals surface area contributed by atoms with Gasteiger partial charge < -0.3 is 15.1 Å². The summed E-state index contributed by atoms with van der Waals surface area (Å²) in [4.78, 5) is 16.5. The first-order valence-corrected chi connectivity index (χ1v) is 8.62. The molecule has 126 valence electrons. The Bertz CT molecular complexity index is 743. The molecule has 0 unspecified atom stereocenters. The molecule has 0 aliphatic carbocycles. The Morgan fingerprint density at radius 2 is 1.75 bits per heavy atom. The molecule has 2 aromatic carbocycles. The van der Waals surface area contributed by atoms with Crippen LogP contribution in [0.1, 0.15) is 5.56 Å². The molecule has 1 fully saturated rings. The highest BCUT2D eigenvalue weighted by atomic mass is 35.5. The molecular weight excluding hydrogens is 345 g/mol. The maximum absolute atomic E-state index is 12.5. The number of para-hydroxylation sites is 1. The molecule has 0 atom stereocenters. The zero-order valence-electron chi connectivity index (χ0n) is 13.4. The maximum atomic E-state index is 12.5. The molecule has 1 heterocycles. The Morgan fingerprint density at radius 1 is 1.04 bits per heavy atom. The second-order valence-corrected chi connectivity index (χ2v) is 6.66. The summed E-state index contributed by atoms with van der Waals surface area (Å²) < 4.78 is 0. The molecule has 0 bridgehead atoms. The van der Waals surface area contributed by atoms with E-state index in [1.807, 2.05) is 48.2 Å². The smallest absolute Gasteiger partial charge is 0.321 e. The predicted molar refractivity (Wildman–Crippen MR) is 100 cm³/mol. The highest BCUT2D eigenvalue weighted by Crippen LogP contribution is 2.26. The third kappa shape index (κ3) is 3.77. The number of hydrogen-bond acceptors (Lipinski definition) is 2. The Kier molecular flexibility index (Phi) is 5.17. The van der Waals surface area contributed by atoms with Crippen molar-refractivity contribution in [3.05, 3.63) is 58.1 Å². The molecule has 0 aromatic heterocycles. The summed E-state index contributed by atoms with van der Waals surface area (Å²) in [5, 5.41) is 4.37. The van der Waals surface area contributed by atoms with E-state index in [0.717, 1.165) is 35.1 Å². The average Bonchev–Trinajstić information content (AvgIpc) is 2.58. The Hall–Kier alpha value is -1.91. The van der Waals surface area contributed by atoms with E-state index in [-0.39, 0.29) is 6.03 Å². The summed E-state index contributed by atoms with van der Waals surface area (Å²) in [7, 11) is 0. The summed E-state index contributed by atoms with van der Waals surface area (Å²) >= 11 is 12.2. The van der Waals surface area contributed by atoms with Crippen molar-refractivity contribution in [2.75, 3.05) is 36.4 Å². The van der Waals surface area contributed by atoms with E-state index in [4.69, 9.17) is 23.2 Å². The molecular formula is C18H19Cl2N3O. The minimum absolute atomic E-state index is 0.0840. The van der Waals surface area contributed by atoms with Crippen molar-refractivity contribution in [2.24, 2.45) is 0 Å². The topological polar surface area (TPSA) is 35.6 Å². The van der Waals surface area contributed by atoms with Crippen LogP contribution in [0, 0.1) is 6.92 Å². The van der Waals surface area contributed by atoms with Gasteiger partial charge in [-0.15, -0.1) is 0 Å². The van der Waals surface area contributed by atoms with E-state index >= 15 is 0 Å². The van der Waals surface area contributed by atoms with Gasteiger partial charge >= 0.3 is 6.03 Å². The number of rotatable bonds is 2. The molecule has 6 heteroatoms. The van der Waals surface area contributed by atoms with Crippen LogP contribution in [-0.2, 0) is 0 Å². The van der Waals surface area contributed by atoms with Crippen molar-refractivity contribution < 1.29 is 4.79 Å². The van der Waals surface area contributed by atoms with Crippen molar-refractivity contribution >= 4 is 40.6 Å². The first kappa shape index (κ1) is 16.9. The lowest BCUT2D eigenvalue weighted by Crippen LogP contribution is -2.50. The number of anilines is 2. The van der Waals surface area contributed by atoms with Crippen LogP contribution in [0.5, 0.6) is 0 Å². The number of halogens is 2. The van der Waals surface area contributed by atoms with Crippen LogP contribution in [0.4, 0.5) is 16.2 Å². The second-order valence-electron chi connectivity index (χ2n) is 5.81. The average molecular weight is 364 g/mol. The molecule has 4 nitrogen and oxygen atoms in total. The molecule has 0 radical (unpaired) electrons. The first-order valence-electron chi connectivity index (χ1n) is 7.86. The summed E-state index contributed by atoms with van der Waals surface area (Å²) in [5.74, 6) is 0. The normalized spacial score (nSPS) is 14.6. The van der Waals surface area contributed by atoms with Crippen LogP contribution in [0.15, 0.2) is 42.5 Å². The van der Waals surface area contributed by atoms with Crippen molar-refractivity contribution in [1.29, 1.82) is 0 Å². The lowest BCUT2D eigenvalue weighted by Gasteiger charge is -2.36. The maximum Gasteiger partial charge on any atom is 0.321 e. The molecule has 3 rings (SSSR count). The van der Waals surface area contributed by atoms with Crippen LogP contribution >= 0.6 is 23.2 Å². The van der Waals surface area contributed by atoms with Gasteiger partial charge in [0.05, 0.1) is 10.7 Å². The number of aryl methyl sites for hydroxylation is 1. The second kappa shape index (κ2) is 7.32. The zero-order valence-corrected chi connectivity index (χ0v) is 14.9. The number of amides is 2. The van der Waals surface area contributed by atoms with Gasteiger partial charge in [-0.25, -0.2) is 4.79 Å². The summed E-state index contributed by atoms with van der Waals surface area (Å²) in [6, 6.07) is 13.2. The van der Waals surface area contributed by atoms with Crippen molar-refractivity contribution in [3.63, 3.8) is 0 Å². The number of urea groups is 1. The van der Waals surface area contributed by atoms with E-state index in [1.165, 1.54) is 0 Å². The van der Waals surface area contributed by atoms with Crippen LogP contribution in [-0.4, -0.2) is 37.1 Å². The lowest BCUT2D eigenvalue weighted by atomic mass is 10.2. The number of piperazine rings is 1. The van der Waals surface area contributed by atoms with Gasteiger partial charge in [0.2, 0.25) is 0 Å². The van der Waals surface area contributed by atoms with Gasteiger partial charge in [0.25, 0.3) is 0 Å². The van der Waals surface area contributed by atoms with Crippen LogP contribution in [0.3, 0.4) is 0 Å². The molecule has 24 heavy (non-hydrogen) atoms. The van der Waals surface area contributed by atoms with Gasteiger partial charge in [-0.3, -0.25) is 0 Å². The number of nitrogens with one attached hydrogen (secondary N) is 1. The van der Waals surface area contributed by atoms with E-state index in [1.54, 1.807) is 6.07 Å². The van der Waals surface area contributed by atoms with Crippen molar-refractivity contribution in [1.82, 2.24) is 4.90 Å². The number of carbonyl (C=O) groups excluding carboxylic acids is 1. The Morgan fingerprint density at radius 3 is 2.42 bits per heavy atom. The number of hydrogen-bond donors (Lipinski definition) is 1. The quantitative estimate of drug-likeness (QED) is 0.842. The first-order chi connectivity index (χ1) is 11.5. The highest BCUT2D eigenvalue weighted by molar-refractivity contribution is 6.33. The largest absolute Gasteiger partial charge is 0.367 e. The summed E-state index contributed by atoms with van der Waals surface area (Å²) in [5.41, 5.74) is 2.76. The van der Waals surface area contributed by atoms with Crippen molar-refractivity contribution in [2.45, 2.75) is 6.92 Å². The predicted octanol–water partition coefficient (Wildman–Crippen LogP) is 4.66. The van der Waals surface area contributed by atoms with E-state index < -0.39 is 0 Å². The van der Waals surface area contributed by atoms with E-state index in [9.17, 15) is 4.79 Å². The molecule has 1 aliphatic heterocycles. The molecule has 0 saturated carbocycles. The summed E-state index contributed by atoms with van der Waals surface area (Å²) in [6.07, 6.45) is 0. The fourth-order valence-corrected chi connectivity index (χ4v) is 3.30. The SMILES string of the molecule is Cc1cc(Cl)ccc1NC(=O)N1CCN(c2ccccc2Cl)CC1. The van der Waals surface area contributed by atoms with Crippen LogP contribution in [0.25, 0.3) is 0 Å². The lowest BCUT2D eigenvalue weighted by molar-refractivity contribution is 0.208. The van der Waals surface area contributed by atoms with Gasteiger partial charge in [0.1, 0.15) is 0 Å². The van der Waals surface area contributed by atoms with Crippen LogP contribution < -0.4 is 10.2 Å². The fourth-order valence-electron chi connectivity index (χ4n) is 2.82. The monoisotopic (exact) mass is 363 g/mol. The van der Waals surface area contributed by atoms with Gasteiger partial charge in [0.15, 0.2) is 0 Å². The van der Waals surface area contributed by atoms with Gasteiger partial charge in [0, 0.05) is 36.9 Å². The number of benzene rings is 2. The Balaban J connectivity index is 1.60.